The van der Waals surface area contributed by atoms with E-state index in [1.54, 1.807) is 0 Å². The van der Waals surface area contributed by atoms with Crippen LogP contribution in [0, 0.1) is 5.92 Å². The quantitative estimate of drug-likeness (QED) is 0.619. The first-order valence-corrected chi connectivity index (χ1v) is 6.88. The van der Waals surface area contributed by atoms with Crippen LogP contribution in [0.25, 0.3) is 0 Å². The molecule has 2 unspecified atom stereocenters. The lowest BCUT2D eigenvalue weighted by molar-refractivity contribution is 0.0359. The van der Waals surface area contributed by atoms with E-state index in [4.69, 9.17) is 9.16 Å². The van der Waals surface area contributed by atoms with Gasteiger partial charge in [0.15, 0.2) is 0 Å². The summed E-state index contributed by atoms with van der Waals surface area (Å²) < 4.78 is 10.8. The highest BCUT2D eigenvalue weighted by atomic mass is 28.2. The minimum atomic E-state index is 0.446. The van der Waals surface area contributed by atoms with E-state index in [2.05, 4.69) is 18.7 Å². The number of ether oxygens (including phenoxy) is 1. The van der Waals surface area contributed by atoms with E-state index in [-0.39, 0.29) is 0 Å². The Morgan fingerprint density at radius 1 is 1.33 bits per heavy atom. The third kappa shape index (κ3) is 5.11. The number of rotatable bonds is 6. The number of morpholine rings is 1. The van der Waals surface area contributed by atoms with Crippen molar-refractivity contribution in [1.82, 2.24) is 4.90 Å². The molecule has 1 aliphatic heterocycles. The smallest absolute Gasteiger partial charge is 0.146 e. The average molecular weight is 231 g/mol. The van der Waals surface area contributed by atoms with Crippen LogP contribution in [-0.2, 0) is 9.16 Å². The lowest BCUT2D eigenvalue weighted by Crippen LogP contribution is -2.37. The second-order valence-electron chi connectivity index (χ2n) is 4.51. The Hall–Kier alpha value is 0.0969. The zero-order chi connectivity index (χ0) is 11.1. The van der Waals surface area contributed by atoms with Crippen LogP contribution in [0.1, 0.15) is 26.7 Å². The van der Waals surface area contributed by atoms with Gasteiger partial charge in [0.25, 0.3) is 0 Å². The van der Waals surface area contributed by atoms with Gasteiger partial charge in [-0.15, -0.1) is 0 Å². The third-order valence-electron chi connectivity index (χ3n) is 3.41. The van der Waals surface area contributed by atoms with Crippen LogP contribution in [-0.4, -0.2) is 54.3 Å². The van der Waals surface area contributed by atoms with Gasteiger partial charge in [-0.1, -0.05) is 6.92 Å². The highest BCUT2D eigenvalue weighted by Crippen LogP contribution is 2.13. The van der Waals surface area contributed by atoms with Crippen molar-refractivity contribution in [2.75, 3.05) is 32.8 Å². The molecular weight excluding hydrogens is 206 g/mol. The van der Waals surface area contributed by atoms with Gasteiger partial charge in [-0.2, -0.15) is 0 Å². The van der Waals surface area contributed by atoms with Crippen LogP contribution in [0.5, 0.6) is 0 Å². The summed E-state index contributed by atoms with van der Waals surface area (Å²) in [4.78, 5) is 2.50. The zero-order valence-electron chi connectivity index (χ0n) is 10.4. The summed E-state index contributed by atoms with van der Waals surface area (Å²) in [5.74, 6) is 0.698. The maximum atomic E-state index is 5.46. The molecular formula is C11H25NO2Si. The second-order valence-corrected chi connectivity index (χ2v) is 4.99. The van der Waals surface area contributed by atoms with Gasteiger partial charge in [-0.05, 0) is 32.2 Å². The predicted molar refractivity (Wildman–Crippen MR) is 66.1 cm³/mol. The molecule has 0 radical (unpaired) electrons. The van der Waals surface area contributed by atoms with Gasteiger partial charge < -0.3 is 9.16 Å². The number of nitrogens with zero attached hydrogens (tertiary/aromatic N) is 1. The first kappa shape index (κ1) is 13.2. The van der Waals surface area contributed by atoms with Crippen molar-refractivity contribution < 1.29 is 9.16 Å². The van der Waals surface area contributed by atoms with Crippen LogP contribution >= 0.6 is 0 Å². The van der Waals surface area contributed by atoms with Gasteiger partial charge in [0.1, 0.15) is 10.5 Å². The van der Waals surface area contributed by atoms with Crippen LogP contribution in [0.3, 0.4) is 0 Å². The van der Waals surface area contributed by atoms with E-state index in [1.807, 2.05) is 0 Å². The molecule has 0 aromatic heterocycles. The van der Waals surface area contributed by atoms with E-state index in [9.17, 15) is 0 Å². The van der Waals surface area contributed by atoms with Crippen molar-refractivity contribution in [3.8, 4) is 0 Å². The summed E-state index contributed by atoms with van der Waals surface area (Å²) in [5, 5.41) is 0. The molecule has 0 amide bonds. The van der Waals surface area contributed by atoms with Crippen LogP contribution < -0.4 is 0 Å². The number of hydrogen-bond acceptors (Lipinski definition) is 3. The Balaban J connectivity index is 2.04. The summed E-state index contributed by atoms with van der Waals surface area (Å²) in [6.45, 7) is 9.75. The lowest BCUT2D eigenvalue weighted by Gasteiger charge is -2.27. The Kier molecular flexibility index (Phi) is 6.48. The van der Waals surface area contributed by atoms with E-state index in [0.717, 1.165) is 36.8 Å². The molecule has 0 bridgehead atoms. The zero-order valence-corrected chi connectivity index (χ0v) is 12.4. The summed E-state index contributed by atoms with van der Waals surface area (Å²) in [7, 11) is 0.860. The normalized spacial score (nSPS) is 22.8. The van der Waals surface area contributed by atoms with Crippen molar-refractivity contribution in [3.05, 3.63) is 0 Å². The highest BCUT2D eigenvalue weighted by Gasteiger charge is 2.13. The second kappa shape index (κ2) is 7.38. The van der Waals surface area contributed by atoms with Crippen molar-refractivity contribution in [2.45, 2.75) is 32.8 Å². The van der Waals surface area contributed by atoms with Crippen molar-refractivity contribution in [3.63, 3.8) is 0 Å². The lowest BCUT2D eigenvalue weighted by atomic mass is 10.0. The molecule has 0 aromatic rings. The van der Waals surface area contributed by atoms with Gasteiger partial charge in [-0.3, -0.25) is 4.90 Å². The Morgan fingerprint density at radius 3 is 2.60 bits per heavy atom. The van der Waals surface area contributed by atoms with Crippen molar-refractivity contribution >= 4 is 10.5 Å². The van der Waals surface area contributed by atoms with Crippen molar-refractivity contribution in [2.24, 2.45) is 5.92 Å². The van der Waals surface area contributed by atoms with E-state index in [1.165, 1.54) is 19.4 Å². The molecule has 90 valence electrons. The molecule has 3 nitrogen and oxygen atoms in total. The molecule has 0 saturated carbocycles. The summed E-state index contributed by atoms with van der Waals surface area (Å²) in [5.41, 5.74) is 0. The largest absolute Gasteiger partial charge is 0.425 e. The molecule has 1 aliphatic rings. The molecule has 2 atom stereocenters. The first-order valence-electron chi connectivity index (χ1n) is 6.07. The molecule has 1 saturated heterocycles. The molecule has 15 heavy (non-hydrogen) atoms. The van der Waals surface area contributed by atoms with Gasteiger partial charge in [0.2, 0.25) is 0 Å². The van der Waals surface area contributed by atoms with Crippen LogP contribution in [0.4, 0.5) is 0 Å². The molecule has 0 aromatic carbocycles. The standard InChI is InChI=1S/C11H25NO2Si/c1-10(11(2)14-15)4-3-5-12-6-8-13-9-7-12/h10-11H,3-9H2,1-2,15H3. The number of hydrogen-bond donors (Lipinski definition) is 0. The molecule has 0 spiro atoms. The first-order chi connectivity index (χ1) is 7.24. The van der Waals surface area contributed by atoms with E-state index < -0.39 is 0 Å². The molecule has 1 heterocycles. The minimum absolute atomic E-state index is 0.446. The molecule has 0 N–H and O–H groups in total. The van der Waals surface area contributed by atoms with Crippen molar-refractivity contribution in [1.29, 1.82) is 0 Å². The van der Waals surface area contributed by atoms with E-state index in [0.29, 0.717) is 12.0 Å². The van der Waals surface area contributed by atoms with Gasteiger partial charge in [0, 0.05) is 19.2 Å². The molecule has 0 aliphatic carbocycles. The molecule has 1 rings (SSSR count). The Morgan fingerprint density at radius 2 is 2.00 bits per heavy atom. The fourth-order valence-electron chi connectivity index (χ4n) is 1.93. The topological polar surface area (TPSA) is 21.7 Å². The van der Waals surface area contributed by atoms with E-state index >= 15 is 0 Å². The summed E-state index contributed by atoms with van der Waals surface area (Å²) in [6, 6.07) is 0. The molecule has 4 heteroatoms. The Labute approximate surface area is 96.7 Å². The van der Waals surface area contributed by atoms with Crippen LogP contribution in [0.15, 0.2) is 0 Å². The minimum Gasteiger partial charge on any atom is -0.425 e. The SMILES string of the molecule is CC(CCCN1CCOCC1)C(C)O[SiH3]. The van der Waals surface area contributed by atoms with Gasteiger partial charge in [-0.25, -0.2) is 0 Å². The summed E-state index contributed by atoms with van der Waals surface area (Å²) in [6.07, 6.45) is 3.01. The van der Waals surface area contributed by atoms with Crippen LogP contribution in [0.2, 0.25) is 0 Å². The molecule has 1 fully saturated rings. The van der Waals surface area contributed by atoms with Gasteiger partial charge >= 0.3 is 0 Å². The fraction of sp³-hybridized carbons (Fsp3) is 1.00. The summed E-state index contributed by atoms with van der Waals surface area (Å²) >= 11 is 0. The monoisotopic (exact) mass is 231 g/mol. The Bertz CT molecular complexity index is 161. The maximum absolute atomic E-state index is 5.46. The van der Waals surface area contributed by atoms with Gasteiger partial charge in [0.05, 0.1) is 13.2 Å². The highest BCUT2D eigenvalue weighted by molar-refractivity contribution is 5.98. The third-order valence-corrected chi connectivity index (χ3v) is 4.15. The average Bonchev–Trinajstić information content (AvgIpc) is 2.29. The fourth-order valence-corrected chi connectivity index (χ4v) is 2.39. The predicted octanol–water partition coefficient (Wildman–Crippen LogP) is 0.420. The maximum Gasteiger partial charge on any atom is 0.146 e.